The molecule has 98 valence electrons. The zero-order valence-corrected chi connectivity index (χ0v) is 11.0. The minimum Gasteiger partial charge on any atom is -0.385 e. The average Bonchev–Trinajstić information content (AvgIpc) is 2.68. The van der Waals surface area contributed by atoms with Crippen molar-refractivity contribution in [2.45, 2.75) is 26.7 Å². The molecule has 0 saturated carbocycles. The van der Waals surface area contributed by atoms with Gasteiger partial charge in [0.05, 0.1) is 6.42 Å². The third-order valence-corrected chi connectivity index (χ3v) is 3.41. The maximum Gasteiger partial charge on any atom is 0.228 e. The molecule has 0 spiro atoms. The molecular weight excluding hydrogens is 226 g/mol. The molecule has 18 heavy (non-hydrogen) atoms. The summed E-state index contributed by atoms with van der Waals surface area (Å²) in [6.07, 6.45) is 1.51. The summed E-state index contributed by atoms with van der Waals surface area (Å²) < 4.78 is 0. The molecule has 1 aliphatic rings. The van der Waals surface area contributed by atoms with Crippen molar-refractivity contribution in [2.75, 3.05) is 23.7 Å². The van der Waals surface area contributed by atoms with Gasteiger partial charge in [0.2, 0.25) is 5.91 Å². The number of hydrogen-bond acceptors (Lipinski definition) is 3. The van der Waals surface area contributed by atoms with Gasteiger partial charge >= 0.3 is 0 Å². The zero-order valence-electron chi connectivity index (χ0n) is 11.0. The molecule has 4 heteroatoms. The van der Waals surface area contributed by atoms with Crippen molar-refractivity contribution in [1.82, 2.24) is 0 Å². The monoisotopic (exact) mass is 247 g/mol. The van der Waals surface area contributed by atoms with E-state index < -0.39 is 0 Å². The van der Waals surface area contributed by atoms with Crippen molar-refractivity contribution < 1.29 is 4.79 Å². The predicted octanol–water partition coefficient (Wildman–Crippen LogP) is 1.97. The third kappa shape index (κ3) is 3.01. The van der Waals surface area contributed by atoms with Crippen LogP contribution in [0.3, 0.4) is 0 Å². The van der Waals surface area contributed by atoms with Crippen molar-refractivity contribution >= 4 is 17.3 Å². The standard InChI is InChI=1S/C14H21N3O/c1-14(2,9-15)5-6-16-11-3-4-12-10(7-11)8-13(18)17-12/h3-4,7,16H,5-6,8-9,15H2,1-2H3,(H,17,18). The third-order valence-electron chi connectivity index (χ3n) is 3.41. The van der Waals surface area contributed by atoms with E-state index in [1.165, 1.54) is 0 Å². The second kappa shape index (κ2) is 4.98. The molecule has 0 aromatic heterocycles. The number of benzene rings is 1. The van der Waals surface area contributed by atoms with Gasteiger partial charge < -0.3 is 16.4 Å². The fourth-order valence-electron chi connectivity index (χ4n) is 1.99. The van der Waals surface area contributed by atoms with Crippen LogP contribution in [0.5, 0.6) is 0 Å². The van der Waals surface area contributed by atoms with E-state index in [-0.39, 0.29) is 11.3 Å². The van der Waals surface area contributed by atoms with Crippen LogP contribution in [0.4, 0.5) is 11.4 Å². The van der Waals surface area contributed by atoms with Crippen molar-refractivity contribution in [3.05, 3.63) is 23.8 Å². The summed E-state index contributed by atoms with van der Waals surface area (Å²) >= 11 is 0. The molecular formula is C14H21N3O. The first kappa shape index (κ1) is 12.9. The lowest BCUT2D eigenvalue weighted by Crippen LogP contribution is -2.26. The molecule has 0 saturated heterocycles. The van der Waals surface area contributed by atoms with E-state index in [4.69, 9.17) is 5.73 Å². The zero-order chi connectivity index (χ0) is 13.2. The van der Waals surface area contributed by atoms with Crippen LogP contribution in [-0.4, -0.2) is 19.0 Å². The Balaban J connectivity index is 1.92. The summed E-state index contributed by atoms with van der Waals surface area (Å²) in [6.45, 7) is 5.92. The largest absolute Gasteiger partial charge is 0.385 e. The molecule has 4 N–H and O–H groups in total. The lowest BCUT2D eigenvalue weighted by Gasteiger charge is -2.22. The molecule has 0 atom stereocenters. The maximum atomic E-state index is 11.3. The Hall–Kier alpha value is -1.55. The molecule has 1 amide bonds. The van der Waals surface area contributed by atoms with Crippen LogP contribution in [-0.2, 0) is 11.2 Å². The molecule has 0 fully saturated rings. The molecule has 0 aliphatic carbocycles. The van der Waals surface area contributed by atoms with Crippen molar-refractivity contribution in [3.63, 3.8) is 0 Å². The first-order valence-electron chi connectivity index (χ1n) is 6.37. The quantitative estimate of drug-likeness (QED) is 0.745. The number of fused-ring (bicyclic) bond motifs is 1. The summed E-state index contributed by atoms with van der Waals surface area (Å²) in [7, 11) is 0. The van der Waals surface area contributed by atoms with E-state index in [1.54, 1.807) is 0 Å². The molecule has 0 radical (unpaired) electrons. The minimum absolute atomic E-state index is 0.0754. The van der Waals surface area contributed by atoms with Crippen LogP contribution < -0.4 is 16.4 Å². The molecule has 1 heterocycles. The summed E-state index contributed by atoms with van der Waals surface area (Å²) in [5.74, 6) is 0.0754. The van der Waals surface area contributed by atoms with E-state index in [2.05, 4.69) is 24.5 Å². The first-order valence-corrected chi connectivity index (χ1v) is 6.37. The number of carbonyl (C=O) groups is 1. The van der Waals surface area contributed by atoms with Crippen LogP contribution >= 0.6 is 0 Å². The van der Waals surface area contributed by atoms with Gasteiger partial charge in [-0.3, -0.25) is 4.79 Å². The highest BCUT2D eigenvalue weighted by molar-refractivity contribution is 5.99. The first-order chi connectivity index (χ1) is 8.50. The van der Waals surface area contributed by atoms with E-state index >= 15 is 0 Å². The van der Waals surface area contributed by atoms with Crippen molar-refractivity contribution in [2.24, 2.45) is 11.1 Å². The fourth-order valence-corrected chi connectivity index (χ4v) is 1.99. The molecule has 1 aliphatic heterocycles. The Labute approximate surface area is 108 Å². The Morgan fingerprint density at radius 1 is 1.44 bits per heavy atom. The molecule has 1 aromatic rings. The number of hydrogen-bond donors (Lipinski definition) is 3. The van der Waals surface area contributed by atoms with E-state index in [1.807, 2.05) is 18.2 Å². The number of carbonyl (C=O) groups excluding carboxylic acids is 1. The molecule has 2 rings (SSSR count). The lowest BCUT2D eigenvalue weighted by molar-refractivity contribution is -0.115. The molecule has 0 unspecified atom stereocenters. The highest BCUT2D eigenvalue weighted by atomic mass is 16.1. The second-order valence-corrected chi connectivity index (χ2v) is 5.64. The van der Waals surface area contributed by atoms with Crippen LogP contribution in [0.25, 0.3) is 0 Å². The Morgan fingerprint density at radius 3 is 2.94 bits per heavy atom. The summed E-state index contributed by atoms with van der Waals surface area (Å²) in [5, 5.41) is 6.22. The Kier molecular flexibility index (Phi) is 3.57. The van der Waals surface area contributed by atoms with E-state index in [0.717, 1.165) is 29.9 Å². The molecule has 1 aromatic carbocycles. The highest BCUT2D eigenvalue weighted by Crippen LogP contribution is 2.26. The number of rotatable bonds is 5. The van der Waals surface area contributed by atoms with Gasteiger partial charge in [0.1, 0.15) is 0 Å². The lowest BCUT2D eigenvalue weighted by atomic mass is 9.90. The summed E-state index contributed by atoms with van der Waals surface area (Å²) in [4.78, 5) is 11.3. The topological polar surface area (TPSA) is 67.1 Å². The van der Waals surface area contributed by atoms with Gasteiger partial charge in [0, 0.05) is 17.9 Å². The van der Waals surface area contributed by atoms with Gasteiger partial charge in [-0.05, 0) is 42.1 Å². The van der Waals surface area contributed by atoms with Crippen LogP contribution in [0.15, 0.2) is 18.2 Å². The van der Waals surface area contributed by atoms with Gasteiger partial charge in [0.15, 0.2) is 0 Å². The van der Waals surface area contributed by atoms with E-state index in [0.29, 0.717) is 13.0 Å². The smallest absolute Gasteiger partial charge is 0.228 e. The van der Waals surface area contributed by atoms with Gasteiger partial charge in [-0.25, -0.2) is 0 Å². The van der Waals surface area contributed by atoms with E-state index in [9.17, 15) is 4.79 Å². The Bertz CT molecular complexity index is 454. The Morgan fingerprint density at radius 2 is 2.22 bits per heavy atom. The number of nitrogens with two attached hydrogens (primary N) is 1. The van der Waals surface area contributed by atoms with Gasteiger partial charge in [-0.15, -0.1) is 0 Å². The summed E-state index contributed by atoms with van der Waals surface area (Å²) in [6, 6.07) is 6.00. The molecule has 0 bridgehead atoms. The van der Waals surface area contributed by atoms with Crippen LogP contribution in [0.1, 0.15) is 25.8 Å². The van der Waals surface area contributed by atoms with Gasteiger partial charge in [-0.2, -0.15) is 0 Å². The van der Waals surface area contributed by atoms with Gasteiger partial charge in [-0.1, -0.05) is 13.8 Å². The fraction of sp³-hybridized carbons (Fsp3) is 0.500. The normalized spacial score (nSPS) is 14.3. The SMILES string of the molecule is CC(C)(CN)CCNc1ccc2c(c1)CC(=O)N2. The van der Waals surface area contributed by atoms with Crippen LogP contribution in [0.2, 0.25) is 0 Å². The maximum absolute atomic E-state index is 11.3. The number of anilines is 2. The van der Waals surface area contributed by atoms with Crippen molar-refractivity contribution in [1.29, 1.82) is 0 Å². The van der Waals surface area contributed by atoms with Crippen LogP contribution in [0, 0.1) is 5.41 Å². The average molecular weight is 247 g/mol. The van der Waals surface area contributed by atoms with Crippen molar-refractivity contribution in [3.8, 4) is 0 Å². The minimum atomic E-state index is 0.0754. The number of amides is 1. The van der Waals surface area contributed by atoms with Gasteiger partial charge in [0.25, 0.3) is 0 Å². The predicted molar refractivity (Wildman–Crippen MR) is 74.7 cm³/mol. The second-order valence-electron chi connectivity index (χ2n) is 5.64. The molecule has 4 nitrogen and oxygen atoms in total. The number of nitrogens with one attached hydrogen (secondary N) is 2. The summed E-state index contributed by atoms with van der Waals surface area (Å²) in [5.41, 5.74) is 8.95. The highest BCUT2D eigenvalue weighted by Gasteiger charge is 2.18.